The molecular weight excluding hydrogens is 484 g/mol. The molecule has 0 N–H and O–H groups in total. The molecule has 168 valence electrons. The van der Waals surface area contributed by atoms with Gasteiger partial charge in [-0.15, -0.1) is 0 Å². The molecule has 1 heterocycles. The average molecular weight is 495 g/mol. The van der Waals surface area contributed by atoms with Crippen molar-refractivity contribution in [1.82, 2.24) is 0 Å². The number of fused-ring (bicyclic) bond motifs is 1. The molecule has 0 saturated carbocycles. The van der Waals surface area contributed by atoms with Crippen LogP contribution < -0.4 is 0 Å². The van der Waals surface area contributed by atoms with Crippen molar-refractivity contribution in [2.45, 2.75) is 24.4 Å². The van der Waals surface area contributed by atoms with Gasteiger partial charge in [-0.05, 0) is 40.1 Å². The summed E-state index contributed by atoms with van der Waals surface area (Å²) in [4.78, 5) is 0. The normalized spacial score (nSPS) is 19.2. The number of halogens is 9. The molecule has 0 bridgehead atoms. The molecule has 4 rings (SSSR count). The number of rotatable bonds is 2. The summed E-state index contributed by atoms with van der Waals surface area (Å²) >= 11 is 11.4. The second-order valence-corrected chi connectivity index (χ2v) is 8.03. The zero-order valence-corrected chi connectivity index (χ0v) is 17.2. The smallest absolute Gasteiger partial charge is 0.432 e. The van der Waals surface area contributed by atoms with E-state index in [1.54, 1.807) is 0 Å². The second-order valence-electron chi connectivity index (χ2n) is 7.22. The van der Waals surface area contributed by atoms with Crippen molar-refractivity contribution >= 4 is 39.5 Å². The summed E-state index contributed by atoms with van der Waals surface area (Å²) in [5.74, 6) is -1.07. The van der Waals surface area contributed by atoms with Gasteiger partial charge in [0.1, 0.15) is 0 Å². The van der Waals surface area contributed by atoms with Crippen LogP contribution in [0.3, 0.4) is 0 Å². The van der Waals surface area contributed by atoms with Crippen LogP contribution in [0.5, 0.6) is 0 Å². The van der Waals surface area contributed by atoms with Crippen LogP contribution in [0, 0.1) is 5.82 Å². The summed E-state index contributed by atoms with van der Waals surface area (Å²) in [6.07, 6.45) is -9.54. The first-order valence-corrected chi connectivity index (χ1v) is 9.79. The summed E-state index contributed by atoms with van der Waals surface area (Å²) in [7, 11) is 0. The Morgan fingerprint density at radius 1 is 0.844 bits per heavy atom. The van der Waals surface area contributed by atoms with E-state index in [0.29, 0.717) is 0 Å². The SMILES string of the molecule is Fc1c(Cl)cc(C2(C(F)(F)F)CC(c3ccc(C(F)(F)F)c4ccccc34)=CO2)cc1Cl. The van der Waals surface area contributed by atoms with Gasteiger partial charge >= 0.3 is 12.4 Å². The van der Waals surface area contributed by atoms with Crippen molar-refractivity contribution in [2.24, 2.45) is 0 Å². The third-order valence-corrected chi connectivity index (χ3v) is 5.88. The molecule has 32 heavy (non-hydrogen) atoms. The summed E-state index contributed by atoms with van der Waals surface area (Å²) in [5.41, 5.74) is -4.20. The quantitative estimate of drug-likeness (QED) is 0.256. The zero-order chi connectivity index (χ0) is 23.5. The number of benzene rings is 3. The van der Waals surface area contributed by atoms with Crippen molar-refractivity contribution in [3.05, 3.63) is 87.3 Å². The predicted octanol–water partition coefficient (Wildman–Crippen LogP) is 8.52. The lowest BCUT2D eigenvalue weighted by Gasteiger charge is -2.32. The first-order chi connectivity index (χ1) is 14.8. The Morgan fingerprint density at radius 2 is 1.44 bits per heavy atom. The first kappa shape index (κ1) is 22.7. The maximum Gasteiger partial charge on any atom is 0.432 e. The van der Waals surface area contributed by atoms with Crippen LogP contribution in [0.2, 0.25) is 10.0 Å². The summed E-state index contributed by atoms with van der Waals surface area (Å²) in [6, 6.07) is 9.00. The highest BCUT2D eigenvalue weighted by Gasteiger charge is 2.61. The molecule has 3 aromatic carbocycles. The average Bonchev–Trinajstić information content (AvgIpc) is 3.16. The lowest BCUT2D eigenvalue weighted by Crippen LogP contribution is -2.42. The Kier molecular flexibility index (Phi) is 5.37. The van der Waals surface area contributed by atoms with Gasteiger partial charge in [0, 0.05) is 12.0 Å². The second kappa shape index (κ2) is 7.56. The molecule has 3 aromatic rings. The fourth-order valence-corrected chi connectivity index (χ4v) is 4.28. The molecule has 0 aliphatic carbocycles. The van der Waals surface area contributed by atoms with Crippen LogP contribution in [0.4, 0.5) is 30.7 Å². The lowest BCUT2D eigenvalue weighted by molar-refractivity contribution is -0.260. The molecule has 0 spiro atoms. The Morgan fingerprint density at radius 3 is 2.00 bits per heavy atom. The van der Waals surface area contributed by atoms with Gasteiger partial charge < -0.3 is 4.74 Å². The van der Waals surface area contributed by atoms with Gasteiger partial charge in [0.15, 0.2) is 5.82 Å². The third-order valence-electron chi connectivity index (χ3n) is 5.33. The van der Waals surface area contributed by atoms with Crippen molar-refractivity contribution in [3.8, 4) is 0 Å². The molecule has 1 atom stereocenters. The van der Waals surface area contributed by atoms with Crippen molar-refractivity contribution in [1.29, 1.82) is 0 Å². The molecule has 10 heteroatoms. The van der Waals surface area contributed by atoms with Gasteiger partial charge in [-0.2, -0.15) is 26.3 Å². The zero-order valence-electron chi connectivity index (χ0n) is 15.7. The molecule has 1 aliphatic heterocycles. The molecule has 0 aromatic heterocycles. The van der Waals surface area contributed by atoms with Crippen molar-refractivity contribution in [3.63, 3.8) is 0 Å². The maximum absolute atomic E-state index is 14.2. The minimum Gasteiger partial charge on any atom is -0.480 e. The van der Waals surface area contributed by atoms with Crippen molar-refractivity contribution in [2.75, 3.05) is 0 Å². The Bertz CT molecular complexity index is 1220. The molecule has 0 radical (unpaired) electrons. The molecule has 0 saturated heterocycles. The van der Waals surface area contributed by atoms with E-state index in [4.69, 9.17) is 27.9 Å². The number of ether oxygens (including phenoxy) is 1. The topological polar surface area (TPSA) is 9.23 Å². The largest absolute Gasteiger partial charge is 0.480 e. The van der Waals surface area contributed by atoms with E-state index in [1.807, 2.05) is 0 Å². The summed E-state index contributed by atoms with van der Waals surface area (Å²) < 4.78 is 102. The maximum atomic E-state index is 14.2. The van der Waals surface area contributed by atoms with E-state index in [0.717, 1.165) is 30.5 Å². The molecule has 1 nitrogen and oxygen atoms in total. The molecule has 1 unspecified atom stereocenters. The van der Waals surface area contributed by atoms with Gasteiger partial charge in [-0.25, -0.2) is 4.39 Å². The fourth-order valence-electron chi connectivity index (χ4n) is 3.80. The Hall–Kier alpha value is -2.45. The monoisotopic (exact) mass is 494 g/mol. The highest BCUT2D eigenvalue weighted by Crippen LogP contribution is 2.53. The van der Waals surface area contributed by atoms with Crippen LogP contribution in [0.15, 0.2) is 54.8 Å². The first-order valence-electron chi connectivity index (χ1n) is 9.03. The highest BCUT2D eigenvalue weighted by atomic mass is 35.5. The Labute approximate surface area is 187 Å². The van der Waals surface area contributed by atoms with Gasteiger partial charge in [-0.1, -0.05) is 53.5 Å². The standard InChI is InChI=1S/C22H11Cl2F7O/c23-17-7-12(8-18(24)19(17)25)20(22(29,30)31)9-11(10-32-20)13-5-6-16(21(26,27)28)15-4-2-1-3-14(13)15/h1-8,10H,9H2. The minimum absolute atomic E-state index is 0.0174. The fraction of sp³-hybridized carbons (Fsp3) is 0.182. The van der Waals surface area contributed by atoms with Gasteiger partial charge in [0.2, 0.25) is 5.60 Å². The van der Waals surface area contributed by atoms with Crippen molar-refractivity contribution < 1.29 is 35.5 Å². The number of alkyl halides is 6. The van der Waals surface area contributed by atoms with Crippen LogP contribution in [0.1, 0.15) is 23.1 Å². The minimum atomic E-state index is -4.97. The molecule has 0 fully saturated rings. The van der Waals surface area contributed by atoms with Gasteiger partial charge in [0.25, 0.3) is 0 Å². The summed E-state index contributed by atoms with van der Waals surface area (Å²) in [6.45, 7) is 0. The van der Waals surface area contributed by atoms with Crippen LogP contribution in [-0.2, 0) is 16.5 Å². The third kappa shape index (κ3) is 3.59. The highest BCUT2D eigenvalue weighted by molar-refractivity contribution is 6.35. The van der Waals surface area contributed by atoms with E-state index in [9.17, 15) is 30.7 Å². The van der Waals surface area contributed by atoms with E-state index < -0.39 is 51.4 Å². The summed E-state index contributed by atoms with van der Waals surface area (Å²) in [5, 5.41) is -1.28. The predicted molar refractivity (Wildman–Crippen MR) is 107 cm³/mol. The molecule has 0 amide bonds. The Balaban J connectivity index is 1.85. The van der Waals surface area contributed by atoms with Crippen LogP contribution >= 0.6 is 23.2 Å². The molecule has 1 aliphatic rings. The van der Waals surface area contributed by atoms with E-state index in [2.05, 4.69) is 0 Å². The number of hydrogen-bond acceptors (Lipinski definition) is 1. The van der Waals surface area contributed by atoms with Gasteiger partial charge in [0.05, 0.1) is 21.9 Å². The van der Waals surface area contributed by atoms with Crippen LogP contribution in [0.25, 0.3) is 16.3 Å². The van der Waals surface area contributed by atoms with Crippen LogP contribution in [-0.4, -0.2) is 6.18 Å². The molecular formula is C22H11Cl2F7O. The van der Waals surface area contributed by atoms with Gasteiger partial charge in [-0.3, -0.25) is 0 Å². The van der Waals surface area contributed by atoms with E-state index in [1.165, 1.54) is 24.3 Å². The lowest BCUT2D eigenvalue weighted by atomic mass is 9.84. The number of hydrogen-bond donors (Lipinski definition) is 0. The van der Waals surface area contributed by atoms with E-state index >= 15 is 0 Å². The van der Waals surface area contributed by atoms with E-state index in [-0.39, 0.29) is 21.9 Å².